The highest BCUT2D eigenvalue weighted by Crippen LogP contribution is 2.33. The summed E-state index contributed by atoms with van der Waals surface area (Å²) in [5.74, 6) is 0.114. The first-order chi connectivity index (χ1) is 9.69. The molecule has 0 aromatic heterocycles. The quantitative estimate of drug-likeness (QED) is 0.889. The van der Waals surface area contributed by atoms with E-state index in [1.807, 2.05) is 0 Å². The number of fused-ring (bicyclic) bond motifs is 1. The maximum atomic E-state index is 11.6. The predicted molar refractivity (Wildman–Crippen MR) is 78.7 cm³/mol. The Hall–Kier alpha value is -1.39. The molecule has 4 heteroatoms. The summed E-state index contributed by atoms with van der Waals surface area (Å²) in [7, 11) is 0. The van der Waals surface area contributed by atoms with E-state index < -0.39 is 0 Å². The lowest BCUT2D eigenvalue weighted by atomic mass is 9.90. The van der Waals surface area contributed by atoms with E-state index in [1.54, 1.807) is 0 Å². The Morgan fingerprint density at radius 3 is 3.00 bits per heavy atom. The van der Waals surface area contributed by atoms with Gasteiger partial charge in [-0.1, -0.05) is 19.1 Å². The Labute approximate surface area is 119 Å². The van der Waals surface area contributed by atoms with Crippen molar-refractivity contribution in [3.05, 3.63) is 28.8 Å². The molecule has 2 atom stereocenters. The summed E-state index contributed by atoms with van der Waals surface area (Å²) in [5.41, 5.74) is 10.9. The number of nitrogens with one attached hydrogen (secondary N) is 1. The van der Waals surface area contributed by atoms with Gasteiger partial charge in [-0.2, -0.15) is 0 Å². The van der Waals surface area contributed by atoms with Crippen molar-refractivity contribution in [2.45, 2.75) is 51.2 Å². The number of rotatable bonds is 3. The molecule has 1 aromatic rings. The van der Waals surface area contributed by atoms with Gasteiger partial charge in [0, 0.05) is 18.7 Å². The molecule has 2 heterocycles. The molecule has 4 nitrogen and oxygen atoms in total. The van der Waals surface area contributed by atoms with E-state index in [9.17, 15) is 4.79 Å². The van der Waals surface area contributed by atoms with Crippen LogP contribution in [0.25, 0.3) is 0 Å². The second-order valence-corrected chi connectivity index (χ2v) is 5.69. The molecule has 0 spiro atoms. The van der Waals surface area contributed by atoms with Gasteiger partial charge in [0.25, 0.3) is 0 Å². The molecule has 1 saturated heterocycles. The molecule has 20 heavy (non-hydrogen) atoms. The molecule has 3 N–H and O–H groups in total. The van der Waals surface area contributed by atoms with Gasteiger partial charge in [0.15, 0.2) is 0 Å². The first kappa shape index (κ1) is 13.6. The maximum absolute atomic E-state index is 11.6. The summed E-state index contributed by atoms with van der Waals surface area (Å²) < 4.78 is 5.71. The molecule has 0 radical (unpaired) electrons. The molecule has 2 aliphatic rings. The Kier molecular flexibility index (Phi) is 3.76. The van der Waals surface area contributed by atoms with E-state index in [2.05, 4.69) is 24.4 Å². The lowest BCUT2D eigenvalue weighted by Crippen LogP contribution is -2.27. The number of carbonyl (C=O) groups excluding carboxylic acids is 1. The maximum Gasteiger partial charge on any atom is 0.224 e. The number of carbonyl (C=O) groups is 1. The molecule has 0 saturated carbocycles. The summed E-state index contributed by atoms with van der Waals surface area (Å²) in [6.45, 7) is 2.93. The third-order valence-electron chi connectivity index (χ3n) is 4.34. The second-order valence-electron chi connectivity index (χ2n) is 5.69. The van der Waals surface area contributed by atoms with Gasteiger partial charge in [0.05, 0.1) is 12.1 Å². The van der Waals surface area contributed by atoms with Crippen LogP contribution in [-0.4, -0.2) is 18.6 Å². The van der Waals surface area contributed by atoms with Gasteiger partial charge in [0.2, 0.25) is 5.91 Å². The van der Waals surface area contributed by atoms with Gasteiger partial charge in [-0.3, -0.25) is 4.79 Å². The minimum absolute atomic E-state index is 0.0641. The Morgan fingerprint density at radius 1 is 1.45 bits per heavy atom. The summed E-state index contributed by atoms with van der Waals surface area (Å²) in [4.78, 5) is 11.6. The number of hydrogen-bond acceptors (Lipinski definition) is 3. The summed E-state index contributed by atoms with van der Waals surface area (Å²) in [5, 5.41) is 3.00. The summed E-state index contributed by atoms with van der Waals surface area (Å²) in [6, 6.07) is 4.22. The fourth-order valence-corrected chi connectivity index (χ4v) is 3.17. The standard InChI is InChI=1S/C16H22N2O2/c1-2-10-8-12(15(17)13-4-3-7-20-13)9-11-5-6-14(19)18-16(10)11/h8-9,13,15H,2-7,17H2,1H3,(H,18,19). The molecule has 0 aliphatic carbocycles. The Balaban J connectivity index is 1.94. The number of amides is 1. The van der Waals surface area contributed by atoms with Gasteiger partial charge < -0.3 is 15.8 Å². The van der Waals surface area contributed by atoms with Crippen LogP contribution in [0, 0.1) is 0 Å². The van der Waals surface area contributed by atoms with Gasteiger partial charge >= 0.3 is 0 Å². The molecule has 1 amide bonds. The molecule has 2 aliphatic heterocycles. The first-order valence-corrected chi connectivity index (χ1v) is 7.51. The van der Waals surface area contributed by atoms with Crippen molar-refractivity contribution in [3.8, 4) is 0 Å². The monoisotopic (exact) mass is 274 g/mol. The molecular weight excluding hydrogens is 252 g/mol. The topological polar surface area (TPSA) is 64.3 Å². The third-order valence-corrected chi connectivity index (χ3v) is 4.34. The van der Waals surface area contributed by atoms with E-state index in [1.165, 1.54) is 11.1 Å². The van der Waals surface area contributed by atoms with Crippen LogP contribution >= 0.6 is 0 Å². The highest BCUT2D eigenvalue weighted by molar-refractivity contribution is 5.95. The average molecular weight is 274 g/mol. The van der Waals surface area contributed by atoms with Crippen molar-refractivity contribution in [1.29, 1.82) is 0 Å². The van der Waals surface area contributed by atoms with Crippen LogP contribution in [0.4, 0.5) is 5.69 Å². The fraction of sp³-hybridized carbons (Fsp3) is 0.562. The van der Waals surface area contributed by atoms with Crippen molar-refractivity contribution in [2.75, 3.05) is 11.9 Å². The number of nitrogens with two attached hydrogens (primary N) is 1. The van der Waals surface area contributed by atoms with Crippen LogP contribution in [-0.2, 0) is 22.4 Å². The largest absolute Gasteiger partial charge is 0.376 e. The first-order valence-electron chi connectivity index (χ1n) is 7.51. The van der Waals surface area contributed by atoms with Gasteiger partial charge in [-0.25, -0.2) is 0 Å². The van der Waals surface area contributed by atoms with Crippen molar-refractivity contribution >= 4 is 11.6 Å². The van der Waals surface area contributed by atoms with Crippen molar-refractivity contribution in [3.63, 3.8) is 0 Å². The van der Waals surface area contributed by atoms with E-state index in [-0.39, 0.29) is 18.1 Å². The Morgan fingerprint density at radius 2 is 2.30 bits per heavy atom. The van der Waals surface area contributed by atoms with E-state index in [4.69, 9.17) is 10.5 Å². The Bertz CT molecular complexity index is 504. The predicted octanol–water partition coefficient (Wildman–Crippen LogP) is 2.31. The highest BCUT2D eigenvalue weighted by Gasteiger charge is 2.26. The lowest BCUT2D eigenvalue weighted by molar-refractivity contribution is -0.116. The van der Waals surface area contributed by atoms with Crippen LogP contribution in [0.1, 0.15) is 48.9 Å². The number of hydrogen-bond donors (Lipinski definition) is 2. The van der Waals surface area contributed by atoms with Gasteiger partial charge in [-0.05, 0) is 42.4 Å². The number of benzene rings is 1. The fourth-order valence-electron chi connectivity index (χ4n) is 3.17. The van der Waals surface area contributed by atoms with Crippen LogP contribution in [0.5, 0.6) is 0 Å². The average Bonchev–Trinajstić information content (AvgIpc) is 2.99. The normalized spacial score (nSPS) is 23.3. The zero-order chi connectivity index (χ0) is 14.1. The van der Waals surface area contributed by atoms with E-state index in [0.717, 1.165) is 43.5 Å². The number of anilines is 1. The molecule has 3 rings (SSSR count). The minimum atomic E-state index is -0.0641. The van der Waals surface area contributed by atoms with Crippen LogP contribution in [0.15, 0.2) is 12.1 Å². The number of ether oxygens (including phenoxy) is 1. The molecule has 108 valence electrons. The molecular formula is C16H22N2O2. The zero-order valence-corrected chi connectivity index (χ0v) is 11.9. The van der Waals surface area contributed by atoms with E-state index >= 15 is 0 Å². The van der Waals surface area contributed by atoms with Crippen molar-refractivity contribution in [2.24, 2.45) is 5.73 Å². The van der Waals surface area contributed by atoms with Crippen LogP contribution in [0.2, 0.25) is 0 Å². The smallest absolute Gasteiger partial charge is 0.224 e. The summed E-state index contributed by atoms with van der Waals surface area (Å²) >= 11 is 0. The minimum Gasteiger partial charge on any atom is -0.376 e. The van der Waals surface area contributed by atoms with Crippen molar-refractivity contribution < 1.29 is 9.53 Å². The van der Waals surface area contributed by atoms with Crippen LogP contribution < -0.4 is 11.1 Å². The SMILES string of the molecule is CCc1cc(C(N)C2CCCO2)cc2c1NC(=O)CC2. The summed E-state index contributed by atoms with van der Waals surface area (Å²) in [6.07, 6.45) is 4.54. The lowest BCUT2D eigenvalue weighted by Gasteiger charge is -2.25. The van der Waals surface area contributed by atoms with Gasteiger partial charge in [0.1, 0.15) is 0 Å². The van der Waals surface area contributed by atoms with Crippen LogP contribution in [0.3, 0.4) is 0 Å². The third kappa shape index (κ3) is 2.45. The zero-order valence-electron chi connectivity index (χ0n) is 11.9. The highest BCUT2D eigenvalue weighted by atomic mass is 16.5. The molecule has 0 bridgehead atoms. The molecule has 2 unspecified atom stereocenters. The van der Waals surface area contributed by atoms with E-state index in [0.29, 0.717) is 6.42 Å². The molecule has 1 aromatic carbocycles. The number of aryl methyl sites for hydroxylation is 2. The second kappa shape index (κ2) is 5.54. The molecule has 1 fully saturated rings. The van der Waals surface area contributed by atoms with Crippen molar-refractivity contribution in [1.82, 2.24) is 0 Å². The van der Waals surface area contributed by atoms with Gasteiger partial charge in [-0.15, -0.1) is 0 Å².